The van der Waals surface area contributed by atoms with Gasteiger partial charge in [0, 0.05) is 24.8 Å². The molecule has 2 rings (SSSR count). The summed E-state index contributed by atoms with van der Waals surface area (Å²) in [6.45, 7) is 3.29. The molecule has 0 fully saturated rings. The summed E-state index contributed by atoms with van der Waals surface area (Å²) in [4.78, 5) is 17.1. The molecule has 0 aliphatic carbocycles. The molecular formula is C15H16BrN3O2. The lowest BCUT2D eigenvalue weighted by Gasteiger charge is -2.16. The lowest BCUT2D eigenvalue weighted by atomic mass is 10.2. The van der Waals surface area contributed by atoms with Gasteiger partial charge in [-0.05, 0) is 53.7 Å². The van der Waals surface area contributed by atoms with Crippen LogP contribution in [0, 0.1) is 17.0 Å². The number of hydrogen-bond donors (Lipinski definition) is 0. The molecule has 0 aliphatic heterocycles. The van der Waals surface area contributed by atoms with Gasteiger partial charge in [0.25, 0.3) is 5.69 Å². The van der Waals surface area contributed by atoms with Crippen molar-refractivity contribution in [3.8, 4) is 0 Å². The second-order valence-electron chi connectivity index (χ2n) is 4.99. The fraction of sp³-hybridized carbons (Fsp3) is 0.267. The second kappa shape index (κ2) is 6.78. The van der Waals surface area contributed by atoms with Crippen LogP contribution in [0.15, 0.2) is 40.9 Å². The van der Waals surface area contributed by atoms with E-state index in [4.69, 9.17) is 0 Å². The fourth-order valence-corrected chi connectivity index (χ4v) is 2.52. The van der Waals surface area contributed by atoms with Gasteiger partial charge in [-0.3, -0.25) is 20.0 Å². The highest BCUT2D eigenvalue weighted by Gasteiger charge is 2.13. The number of nitro benzene ring substituents is 1. The van der Waals surface area contributed by atoms with E-state index in [1.165, 1.54) is 0 Å². The Hall–Kier alpha value is -1.79. The Morgan fingerprint density at radius 3 is 2.71 bits per heavy atom. The van der Waals surface area contributed by atoms with Crippen molar-refractivity contribution in [2.24, 2.45) is 0 Å². The lowest BCUT2D eigenvalue weighted by Crippen LogP contribution is -2.18. The SMILES string of the molecule is Cc1cccc(CN(C)Cc2ccc(Br)c([N+](=O)[O-])c2)n1. The Labute approximate surface area is 131 Å². The lowest BCUT2D eigenvalue weighted by molar-refractivity contribution is -0.385. The number of halogens is 1. The third-order valence-electron chi connectivity index (χ3n) is 3.04. The molecule has 0 aliphatic rings. The Morgan fingerprint density at radius 1 is 1.29 bits per heavy atom. The van der Waals surface area contributed by atoms with Gasteiger partial charge in [-0.15, -0.1) is 0 Å². The van der Waals surface area contributed by atoms with Crippen LogP contribution >= 0.6 is 15.9 Å². The van der Waals surface area contributed by atoms with Crippen molar-refractivity contribution < 1.29 is 4.92 Å². The maximum Gasteiger partial charge on any atom is 0.283 e. The standard InChI is InChI=1S/C15H16BrN3O2/c1-11-4-3-5-13(17-11)10-18(2)9-12-6-7-14(16)15(8-12)19(20)21/h3-8H,9-10H2,1-2H3. The van der Waals surface area contributed by atoms with Gasteiger partial charge in [0.1, 0.15) is 0 Å². The highest BCUT2D eigenvalue weighted by atomic mass is 79.9. The van der Waals surface area contributed by atoms with Crippen molar-refractivity contribution in [2.75, 3.05) is 7.05 Å². The van der Waals surface area contributed by atoms with Crippen LogP contribution in [0.25, 0.3) is 0 Å². The maximum atomic E-state index is 10.9. The quantitative estimate of drug-likeness (QED) is 0.610. The molecule has 1 aromatic heterocycles. The first-order valence-electron chi connectivity index (χ1n) is 6.49. The predicted molar refractivity (Wildman–Crippen MR) is 84.9 cm³/mol. The topological polar surface area (TPSA) is 59.3 Å². The second-order valence-corrected chi connectivity index (χ2v) is 5.84. The van der Waals surface area contributed by atoms with Gasteiger partial charge < -0.3 is 0 Å². The first-order chi connectivity index (χ1) is 9.95. The smallest absolute Gasteiger partial charge is 0.283 e. The Bertz CT molecular complexity index is 661. The first kappa shape index (κ1) is 15.6. The number of nitro groups is 1. The minimum atomic E-state index is -0.379. The van der Waals surface area contributed by atoms with E-state index >= 15 is 0 Å². The van der Waals surface area contributed by atoms with Crippen LogP contribution in [0.4, 0.5) is 5.69 Å². The fourth-order valence-electron chi connectivity index (χ4n) is 2.13. The summed E-state index contributed by atoms with van der Waals surface area (Å²) in [5, 5.41) is 10.9. The third-order valence-corrected chi connectivity index (χ3v) is 3.71. The first-order valence-corrected chi connectivity index (χ1v) is 7.29. The summed E-state index contributed by atoms with van der Waals surface area (Å²) in [5.74, 6) is 0. The third kappa shape index (κ3) is 4.34. The molecule has 0 spiro atoms. The van der Waals surface area contributed by atoms with Gasteiger partial charge >= 0.3 is 0 Å². The normalized spacial score (nSPS) is 10.9. The van der Waals surface area contributed by atoms with Gasteiger partial charge in [-0.25, -0.2) is 0 Å². The number of pyridine rings is 1. The van der Waals surface area contributed by atoms with E-state index in [-0.39, 0.29) is 10.6 Å². The van der Waals surface area contributed by atoms with Crippen LogP contribution in [0.5, 0.6) is 0 Å². The van der Waals surface area contributed by atoms with Crippen molar-refractivity contribution in [3.63, 3.8) is 0 Å². The molecule has 0 N–H and O–H groups in total. The van der Waals surface area contributed by atoms with Crippen molar-refractivity contribution in [2.45, 2.75) is 20.0 Å². The molecule has 5 nitrogen and oxygen atoms in total. The molecule has 1 aromatic carbocycles. The molecule has 2 aromatic rings. The molecule has 1 heterocycles. The van der Waals surface area contributed by atoms with Gasteiger partial charge in [0.2, 0.25) is 0 Å². The summed E-state index contributed by atoms with van der Waals surface area (Å²) < 4.78 is 0.499. The van der Waals surface area contributed by atoms with E-state index in [0.717, 1.165) is 17.0 Å². The average Bonchev–Trinajstić information content (AvgIpc) is 2.40. The minimum absolute atomic E-state index is 0.0922. The van der Waals surface area contributed by atoms with Crippen LogP contribution in [0.2, 0.25) is 0 Å². The maximum absolute atomic E-state index is 10.9. The minimum Gasteiger partial charge on any atom is -0.296 e. The van der Waals surface area contributed by atoms with E-state index in [2.05, 4.69) is 25.8 Å². The molecule has 110 valence electrons. The number of aromatic nitrogens is 1. The average molecular weight is 350 g/mol. The van der Waals surface area contributed by atoms with Crippen LogP contribution in [0.1, 0.15) is 17.0 Å². The molecule has 0 bridgehead atoms. The summed E-state index contributed by atoms with van der Waals surface area (Å²) in [6.07, 6.45) is 0. The van der Waals surface area contributed by atoms with Crippen LogP contribution in [0.3, 0.4) is 0 Å². The van der Waals surface area contributed by atoms with E-state index in [0.29, 0.717) is 17.6 Å². The summed E-state index contributed by atoms with van der Waals surface area (Å²) in [5.41, 5.74) is 2.97. The van der Waals surface area contributed by atoms with Gasteiger partial charge in [-0.2, -0.15) is 0 Å². The summed E-state index contributed by atoms with van der Waals surface area (Å²) in [7, 11) is 1.97. The molecule has 0 saturated carbocycles. The predicted octanol–water partition coefficient (Wildman–Crippen LogP) is 3.69. The highest BCUT2D eigenvalue weighted by Crippen LogP contribution is 2.26. The summed E-state index contributed by atoms with van der Waals surface area (Å²) in [6, 6.07) is 11.1. The van der Waals surface area contributed by atoms with Crippen LogP contribution in [-0.2, 0) is 13.1 Å². The number of aryl methyl sites for hydroxylation is 1. The number of benzene rings is 1. The Balaban J connectivity index is 2.07. The molecule has 0 unspecified atom stereocenters. The van der Waals surface area contributed by atoms with E-state index in [1.54, 1.807) is 12.1 Å². The number of rotatable bonds is 5. The van der Waals surface area contributed by atoms with Crippen LogP contribution < -0.4 is 0 Å². The van der Waals surface area contributed by atoms with E-state index in [9.17, 15) is 10.1 Å². The molecule has 21 heavy (non-hydrogen) atoms. The zero-order valence-corrected chi connectivity index (χ0v) is 13.5. The van der Waals surface area contributed by atoms with Gasteiger partial charge in [0.05, 0.1) is 15.1 Å². The van der Waals surface area contributed by atoms with E-state index < -0.39 is 0 Å². The largest absolute Gasteiger partial charge is 0.296 e. The summed E-state index contributed by atoms with van der Waals surface area (Å²) >= 11 is 3.19. The zero-order chi connectivity index (χ0) is 15.4. The molecular weight excluding hydrogens is 334 g/mol. The van der Waals surface area contributed by atoms with Gasteiger partial charge in [-0.1, -0.05) is 12.1 Å². The van der Waals surface area contributed by atoms with Crippen molar-refractivity contribution in [1.29, 1.82) is 0 Å². The number of nitrogens with zero attached hydrogens (tertiary/aromatic N) is 3. The monoisotopic (exact) mass is 349 g/mol. The Morgan fingerprint density at radius 2 is 2.05 bits per heavy atom. The molecule has 0 amide bonds. The van der Waals surface area contributed by atoms with Crippen molar-refractivity contribution in [3.05, 3.63) is 67.9 Å². The van der Waals surface area contributed by atoms with E-state index in [1.807, 2.05) is 38.2 Å². The highest BCUT2D eigenvalue weighted by molar-refractivity contribution is 9.10. The molecule has 0 atom stereocenters. The zero-order valence-electron chi connectivity index (χ0n) is 11.9. The van der Waals surface area contributed by atoms with Crippen molar-refractivity contribution in [1.82, 2.24) is 9.88 Å². The Kier molecular flexibility index (Phi) is 5.03. The van der Waals surface area contributed by atoms with Gasteiger partial charge in [0.15, 0.2) is 0 Å². The number of hydrogen-bond acceptors (Lipinski definition) is 4. The molecule has 6 heteroatoms. The molecule has 0 radical (unpaired) electrons. The van der Waals surface area contributed by atoms with Crippen LogP contribution in [-0.4, -0.2) is 21.9 Å². The van der Waals surface area contributed by atoms with Crippen molar-refractivity contribution >= 4 is 21.6 Å². The molecule has 0 saturated heterocycles.